The molecule has 0 N–H and O–H groups in total. The van der Waals surface area contributed by atoms with E-state index < -0.39 is 0 Å². The molecule has 0 aliphatic heterocycles. The number of hydrogen-bond donors (Lipinski definition) is 0. The van der Waals surface area contributed by atoms with Gasteiger partial charge in [-0.2, -0.15) is 0 Å². The predicted octanol–water partition coefficient (Wildman–Crippen LogP) is -0.361. The molecular formula is Ce2Nd2O3Y2. The Bertz CT molecular complexity index is 17.8. The molecule has 0 aliphatic carbocycles. The zero-order valence-electron chi connectivity index (χ0n) is 4.38. The van der Waals surface area contributed by atoms with Crippen LogP contribution in [0.2, 0.25) is 0 Å². The number of rotatable bonds is 0. The molecule has 0 amide bonds. The van der Waals surface area contributed by atoms with Crippen LogP contribution in [0.5, 0.6) is 0 Å². The van der Waals surface area contributed by atoms with E-state index in [9.17, 15) is 0 Å². The van der Waals surface area contributed by atoms with Crippen LogP contribution >= 0.6 is 0 Å². The zero-order chi connectivity index (χ0) is 0. The molecule has 3 nitrogen and oxygen atoms in total. The first-order valence-corrected chi connectivity index (χ1v) is 0. The van der Waals surface area contributed by atoms with E-state index in [1.807, 2.05) is 0 Å². The normalized spacial score (nSPS) is 0. The summed E-state index contributed by atoms with van der Waals surface area (Å²) in [5.74, 6) is 0. The first-order chi connectivity index (χ1) is 0. The second-order valence-corrected chi connectivity index (χ2v) is 0. The molecule has 0 heterocycles. The Labute approximate surface area is 238 Å². The fourth-order valence-electron chi connectivity index (χ4n) is 0. The van der Waals surface area contributed by atoms with Gasteiger partial charge in [-0.25, -0.2) is 0 Å². The van der Waals surface area contributed by atoms with E-state index in [1.54, 1.807) is 0 Å². The smallest absolute Gasteiger partial charge is 2.00 e. The predicted molar refractivity (Wildman–Crippen MR) is 2.06 cm³/mol. The van der Waals surface area contributed by atoms with Gasteiger partial charge in [0.25, 0.3) is 0 Å². The maximum Gasteiger partial charge on any atom is 3.00 e. The van der Waals surface area contributed by atoms with Crippen molar-refractivity contribution in [3.63, 3.8) is 0 Å². The third-order valence-corrected chi connectivity index (χ3v) is 0. The Balaban J connectivity index is 0. The maximum absolute atomic E-state index is 0. The van der Waals surface area contributed by atoms with E-state index >= 15 is 0 Å². The molecule has 0 saturated heterocycles. The van der Waals surface area contributed by atoms with Gasteiger partial charge in [-0.15, -0.1) is 0 Å². The quantitative estimate of drug-likeness (QED) is 0.322. The molecule has 0 bridgehead atoms. The largest absolute Gasteiger partial charge is 3.00 e. The van der Waals surface area contributed by atoms with Crippen molar-refractivity contribution in [3.8, 4) is 0 Å². The summed E-state index contributed by atoms with van der Waals surface area (Å²) in [6.07, 6.45) is 0. The van der Waals surface area contributed by atoms with Crippen molar-refractivity contribution in [2.45, 2.75) is 0 Å². The van der Waals surface area contributed by atoms with Crippen molar-refractivity contribution in [2.24, 2.45) is 0 Å². The van der Waals surface area contributed by atoms with E-state index in [0.717, 1.165) is 0 Å². The summed E-state index contributed by atoms with van der Waals surface area (Å²) in [6.45, 7) is 0. The minimum atomic E-state index is 0. The van der Waals surface area contributed by atoms with Crippen molar-refractivity contribution in [2.75, 3.05) is 0 Å². The Morgan fingerprint density at radius 2 is 0.444 bits per heavy atom. The average molecular weight is 795 g/mol. The van der Waals surface area contributed by atoms with Gasteiger partial charge in [0.2, 0.25) is 0 Å². The fourth-order valence-corrected chi connectivity index (χ4v) is 0. The molecule has 9 heteroatoms. The summed E-state index contributed by atoms with van der Waals surface area (Å²) in [6, 6.07) is 0. The van der Waals surface area contributed by atoms with Crippen LogP contribution in [0.25, 0.3) is 0 Å². The average Bonchev–Trinajstić information content (AvgIpc) is 0. The van der Waals surface area contributed by atoms with Gasteiger partial charge in [0.05, 0.1) is 0 Å². The topological polar surface area (TPSA) is 85.5 Å². The van der Waals surface area contributed by atoms with E-state index in [0.29, 0.717) is 0 Å². The first-order valence-electron chi connectivity index (χ1n) is 0. The molecule has 0 aliphatic rings. The molecule has 0 spiro atoms. The van der Waals surface area contributed by atoms with Crippen LogP contribution < -0.4 is 0 Å². The molecule has 0 aromatic heterocycles. The van der Waals surface area contributed by atoms with Gasteiger partial charge in [-0.05, 0) is 0 Å². The molecule has 0 aromatic carbocycles. The van der Waals surface area contributed by atoms with Crippen LogP contribution in [-0.4, -0.2) is 0 Å². The minimum absolute atomic E-state index is 0. The molecule has 0 fully saturated rings. The molecular weight excluding hydrogens is 795 g/mol. The summed E-state index contributed by atoms with van der Waals surface area (Å²) in [4.78, 5) is 0. The Kier molecular flexibility index (Phi) is 451. The van der Waals surface area contributed by atoms with Gasteiger partial charge in [-0.1, -0.05) is 0 Å². The second kappa shape index (κ2) is 57.8. The van der Waals surface area contributed by atoms with Gasteiger partial charge in [0.15, 0.2) is 0 Å². The molecule has 0 rings (SSSR count). The van der Waals surface area contributed by atoms with Crippen molar-refractivity contribution in [1.82, 2.24) is 0 Å². The van der Waals surface area contributed by atoms with Gasteiger partial charge in [-0.3, -0.25) is 0 Å². The van der Waals surface area contributed by atoms with E-state index in [2.05, 4.69) is 0 Å². The first kappa shape index (κ1) is 70.2. The monoisotopic (exact) mass is 789 g/mol. The van der Waals surface area contributed by atoms with Crippen LogP contribution in [0.15, 0.2) is 0 Å². The van der Waals surface area contributed by atoms with E-state index in [4.69, 9.17) is 0 Å². The Morgan fingerprint density at radius 1 is 0.444 bits per heavy atom. The second-order valence-electron chi connectivity index (χ2n) is 0. The summed E-state index contributed by atoms with van der Waals surface area (Å²) >= 11 is 0. The Hall–Kier alpha value is 7.54. The SMILES string of the molecule is [Ce].[Ce].[Nd+3].[Nd+3].[O-2].[O-2].[O-2].[Y].[Y]. The summed E-state index contributed by atoms with van der Waals surface area (Å²) in [5.41, 5.74) is 0. The molecule has 4 radical (unpaired) electrons. The molecule has 0 atom stereocenters. The summed E-state index contributed by atoms with van der Waals surface area (Å²) < 4.78 is 0. The van der Waals surface area contributed by atoms with Crippen molar-refractivity contribution >= 4 is 0 Å². The Morgan fingerprint density at radius 3 is 0.444 bits per heavy atom. The van der Waals surface area contributed by atoms with Crippen LogP contribution in [0.1, 0.15) is 0 Å². The van der Waals surface area contributed by atoms with Crippen LogP contribution in [0.3, 0.4) is 0 Å². The summed E-state index contributed by atoms with van der Waals surface area (Å²) in [5, 5.41) is 0. The molecule has 0 saturated carbocycles. The molecule has 0 unspecified atom stereocenters. The minimum Gasteiger partial charge on any atom is -2.00 e. The molecule has 9 heavy (non-hydrogen) atoms. The van der Waals surface area contributed by atoms with Gasteiger partial charge >= 0.3 is 81.7 Å². The summed E-state index contributed by atoms with van der Waals surface area (Å²) in [7, 11) is 0. The van der Waals surface area contributed by atoms with Crippen LogP contribution in [-0.2, 0) is 81.8 Å². The maximum atomic E-state index is 0. The van der Waals surface area contributed by atoms with Crippen LogP contribution in [0, 0.1) is 165 Å². The molecule has 0 aromatic rings. The van der Waals surface area contributed by atoms with Gasteiger partial charge < -0.3 is 16.4 Å². The van der Waals surface area contributed by atoms with Crippen LogP contribution in [0.4, 0.5) is 0 Å². The third kappa shape index (κ3) is 50.1. The van der Waals surface area contributed by atoms with E-state index in [-0.39, 0.29) is 247 Å². The molecule has 40 valence electrons. The number of hydrogen-bond acceptors (Lipinski definition) is 0. The standard InChI is InChI=1S/2Ce.2Nd.3O.2Y/q;;2*+3;3*-2;;. The van der Waals surface area contributed by atoms with Crippen molar-refractivity contribution < 1.29 is 247 Å². The van der Waals surface area contributed by atoms with Gasteiger partial charge in [0.1, 0.15) is 0 Å². The van der Waals surface area contributed by atoms with E-state index in [1.165, 1.54) is 0 Å². The zero-order valence-corrected chi connectivity index (χ0v) is 22.8. The van der Waals surface area contributed by atoms with Gasteiger partial charge in [0, 0.05) is 149 Å². The fraction of sp³-hybridized carbons (Fsp3) is 0. The van der Waals surface area contributed by atoms with Crippen molar-refractivity contribution in [3.05, 3.63) is 0 Å². The van der Waals surface area contributed by atoms with Crippen molar-refractivity contribution in [1.29, 1.82) is 0 Å². The third-order valence-electron chi connectivity index (χ3n) is 0.